The van der Waals surface area contributed by atoms with Gasteiger partial charge in [-0.1, -0.05) is 43.6 Å². The van der Waals surface area contributed by atoms with Gasteiger partial charge in [0.2, 0.25) is 10.0 Å². The molecule has 7 heteroatoms. The lowest BCUT2D eigenvalue weighted by Crippen LogP contribution is -2.31. The summed E-state index contributed by atoms with van der Waals surface area (Å²) >= 11 is 3.19. The van der Waals surface area contributed by atoms with Gasteiger partial charge in [-0.15, -0.1) is 0 Å². The molecule has 1 aromatic carbocycles. The molecule has 1 aliphatic rings. The van der Waals surface area contributed by atoms with Crippen LogP contribution in [-0.4, -0.2) is 14.5 Å². The van der Waals surface area contributed by atoms with Crippen molar-refractivity contribution in [3.8, 4) is 0 Å². The van der Waals surface area contributed by atoms with Crippen LogP contribution in [0.4, 0.5) is 4.39 Å². The Bertz CT molecular complexity index is 672. The van der Waals surface area contributed by atoms with Gasteiger partial charge < -0.3 is 5.73 Å². The number of sulfonamides is 1. The van der Waals surface area contributed by atoms with Crippen LogP contribution in [0.1, 0.15) is 33.3 Å². The summed E-state index contributed by atoms with van der Waals surface area (Å²) in [4.78, 5) is -0.365. The minimum Gasteiger partial charge on any atom is -0.326 e. The van der Waals surface area contributed by atoms with E-state index in [9.17, 15) is 12.8 Å². The van der Waals surface area contributed by atoms with Crippen molar-refractivity contribution in [3.63, 3.8) is 0 Å². The fraction of sp³-hybridized carbons (Fsp3) is 0.571. The third-order valence-electron chi connectivity index (χ3n) is 4.88. The Morgan fingerprint density at radius 1 is 1.29 bits per heavy atom. The van der Waals surface area contributed by atoms with E-state index < -0.39 is 15.8 Å². The van der Waals surface area contributed by atoms with E-state index in [1.54, 1.807) is 0 Å². The maximum Gasteiger partial charge on any atom is 0.243 e. The summed E-state index contributed by atoms with van der Waals surface area (Å²) < 4.78 is 42.4. The summed E-state index contributed by atoms with van der Waals surface area (Å²) in [6.07, 6.45) is 0. The summed E-state index contributed by atoms with van der Waals surface area (Å²) in [7, 11) is -3.94. The van der Waals surface area contributed by atoms with Gasteiger partial charge in [0.05, 0.1) is 0 Å². The Labute approximate surface area is 133 Å². The van der Waals surface area contributed by atoms with Crippen molar-refractivity contribution in [3.05, 3.63) is 28.0 Å². The van der Waals surface area contributed by atoms with Crippen molar-refractivity contribution in [2.24, 2.45) is 16.6 Å². The monoisotopic (exact) mass is 378 g/mol. The largest absolute Gasteiger partial charge is 0.326 e. The molecule has 1 aliphatic carbocycles. The summed E-state index contributed by atoms with van der Waals surface area (Å²) in [5.74, 6) is -0.788. The maximum atomic E-state index is 14.3. The van der Waals surface area contributed by atoms with E-state index >= 15 is 0 Å². The van der Waals surface area contributed by atoms with Crippen LogP contribution in [0, 0.1) is 16.6 Å². The zero-order chi connectivity index (χ0) is 16.2. The predicted molar refractivity (Wildman–Crippen MR) is 83.7 cm³/mol. The van der Waals surface area contributed by atoms with E-state index in [-0.39, 0.29) is 33.9 Å². The van der Waals surface area contributed by atoms with E-state index in [0.29, 0.717) is 4.47 Å². The molecular weight excluding hydrogens is 359 g/mol. The predicted octanol–water partition coefficient (Wildman–Crippen LogP) is 2.76. The molecule has 1 aromatic rings. The molecule has 1 fully saturated rings. The molecule has 0 unspecified atom stereocenters. The average molecular weight is 379 g/mol. The second kappa shape index (κ2) is 5.01. The SMILES string of the molecule is CC1(C)C(NS(=O)(=O)c2cc(Br)cc(CN)c2F)C1(C)C. The number of benzene rings is 1. The van der Waals surface area contributed by atoms with Gasteiger partial charge in [0.25, 0.3) is 0 Å². The van der Waals surface area contributed by atoms with Crippen LogP contribution >= 0.6 is 15.9 Å². The minimum absolute atomic E-state index is 0.0613. The van der Waals surface area contributed by atoms with E-state index in [1.165, 1.54) is 12.1 Å². The van der Waals surface area contributed by atoms with Crippen molar-refractivity contribution in [2.45, 2.75) is 45.2 Å². The zero-order valence-electron chi connectivity index (χ0n) is 12.5. The molecule has 118 valence electrons. The second-order valence-electron chi connectivity index (χ2n) is 6.58. The van der Waals surface area contributed by atoms with Crippen LogP contribution in [0.15, 0.2) is 21.5 Å². The van der Waals surface area contributed by atoms with Gasteiger partial charge in [0, 0.05) is 22.6 Å². The summed E-state index contributed by atoms with van der Waals surface area (Å²) in [6.45, 7) is 7.89. The topological polar surface area (TPSA) is 72.2 Å². The van der Waals surface area contributed by atoms with Gasteiger partial charge in [0.1, 0.15) is 10.7 Å². The quantitative estimate of drug-likeness (QED) is 0.845. The van der Waals surface area contributed by atoms with Crippen LogP contribution in [0.2, 0.25) is 0 Å². The lowest BCUT2D eigenvalue weighted by Gasteiger charge is -2.12. The van der Waals surface area contributed by atoms with E-state index in [4.69, 9.17) is 5.73 Å². The van der Waals surface area contributed by atoms with Crippen molar-refractivity contribution in [2.75, 3.05) is 0 Å². The zero-order valence-corrected chi connectivity index (χ0v) is 14.9. The Morgan fingerprint density at radius 2 is 1.81 bits per heavy atom. The lowest BCUT2D eigenvalue weighted by molar-refractivity contribution is 0.457. The van der Waals surface area contributed by atoms with E-state index in [1.807, 2.05) is 27.7 Å². The normalized spacial score (nSPS) is 20.5. The highest BCUT2D eigenvalue weighted by Gasteiger charge is 2.66. The highest BCUT2D eigenvalue weighted by atomic mass is 79.9. The molecule has 0 radical (unpaired) electrons. The molecule has 0 aliphatic heterocycles. The molecule has 0 atom stereocenters. The second-order valence-corrected chi connectivity index (χ2v) is 9.18. The Morgan fingerprint density at radius 3 is 2.24 bits per heavy atom. The Hall–Kier alpha value is -0.500. The minimum atomic E-state index is -3.94. The first-order chi connectivity index (χ1) is 9.45. The molecule has 3 N–H and O–H groups in total. The van der Waals surface area contributed by atoms with Gasteiger partial charge in [-0.3, -0.25) is 0 Å². The summed E-state index contributed by atoms with van der Waals surface area (Å²) in [6, 6.07) is 2.52. The summed E-state index contributed by atoms with van der Waals surface area (Å²) in [5.41, 5.74) is 5.29. The molecule has 0 bridgehead atoms. The van der Waals surface area contributed by atoms with Crippen molar-refractivity contribution >= 4 is 26.0 Å². The van der Waals surface area contributed by atoms with Crippen LogP contribution in [-0.2, 0) is 16.6 Å². The average Bonchev–Trinajstić information content (AvgIpc) is 2.73. The molecule has 21 heavy (non-hydrogen) atoms. The molecule has 0 saturated heterocycles. The standard InChI is InChI=1S/C14H20BrFN2O2S/c1-13(2)12(14(13,3)4)18-21(19,20)10-6-9(15)5-8(7-17)11(10)16/h5-6,12,18H,7,17H2,1-4H3. The molecule has 0 aromatic heterocycles. The number of halogens is 2. The Kier molecular flexibility index (Phi) is 4.02. The molecule has 0 spiro atoms. The number of hydrogen-bond donors (Lipinski definition) is 2. The van der Waals surface area contributed by atoms with Gasteiger partial charge in [-0.2, -0.15) is 0 Å². The Balaban J connectivity index is 2.41. The summed E-state index contributed by atoms with van der Waals surface area (Å²) in [5, 5.41) is 0. The number of hydrogen-bond acceptors (Lipinski definition) is 3. The first kappa shape index (κ1) is 16.9. The van der Waals surface area contributed by atoms with Crippen molar-refractivity contribution in [1.29, 1.82) is 0 Å². The smallest absolute Gasteiger partial charge is 0.243 e. The highest BCUT2D eigenvalue weighted by molar-refractivity contribution is 9.10. The molecular formula is C14H20BrFN2O2S. The lowest BCUT2D eigenvalue weighted by atomic mass is 10.0. The third-order valence-corrected chi connectivity index (χ3v) is 6.76. The molecule has 1 saturated carbocycles. The molecule has 2 rings (SSSR count). The molecule has 4 nitrogen and oxygen atoms in total. The van der Waals surface area contributed by atoms with Crippen molar-refractivity contribution in [1.82, 2.24) is 4.72 Å². The number of nitrogens with two attached hydrogens (primary N) is 1. The highest BCUT2D eigenvalue weighted by Crippen LogP contribution is 2.63. The fourth-order valence-corrected chi connectivity index (χ4v) is 5.00. The number of rotatable bonds is 4. The molecule has 0 amide bonds. The van der Waals surface area contributed by atoms with Gasteiger partial charge in [0.15, 0.2) is 0 Å². The van der Waals surface area contributed by atoms with Crippen LogP contribution in [0.3, 0.4) is 0 Å². The fourth-order valence-electron chi connectivity index (χ4n) is 2.67. The van der Waals surface area contributed by atoms with E-state index in [0.717, 1.165) is 0 Å². The first-order valence-electron chi connectivity index (χ1n) is 6.65. The van der Waals surface area contributed by atoms with Crippen LogP contribution in [0.25, 0.3) is 0 Å². The number of nitrogens with one attached hydrogen (secondary N) is 1. The third kappa shape index (κ3) is 2.65. The van der Waals surface area contributed by atoms with Crippen LogP contribution in [0.5, 0.6) is 0 Å². The van der Waals surface area contributed by atoms with Crippen LogP contribution < -0.4 is 10.5 Å². The van der Waals surface area contributed by atoms with Gasteiger partial charge in [-0.05, 0) is 23.0 Å². The molecule has 0 heterocycles. The van der Waals surface area contributed by atoms with E-state index in [2.05, 4.69) is 20.7 Å². The maximum absolute atomic E-state index is 14.3. The van der Waals surface area contributed by atoms with Crippen molar-refractivity contribution < 1.29 is 12.8 Å². The van der Waals surface area contributed by atoms with Gasteiger partial charge in [-0.25, -0.2) is 17.5 Å². The van der Waals surface area contributed by atoms with Gasteiger partial charge >= 0.3 is 0 Å². The first-order valence-corrected chi connectivity index (χ1v) is 8.93.